The van der Waals surface area contributed by atoms with Crippen LogP contribution in [0.25, 0.3) is 10.6 Å². The molecule has 0 bridgehead atoms. The second-order valence-electron chi connectivity index (χ2n) is 4.05. The van der Waals surface area contributed by atoms with Crippen LogP contribution >= 0.6 is 22.7 Å². The van der Waals surface area contributed by atoms with Crippen LogP contribution in [-0.2, 0) is 4.74 Å². The number of nitrogens with zero attached hydrogens (tertiary/aromatic N) is 1. The van der Waals surface area contributed by atoms with Gasteiger partial charge in [-0.3, -0.25) is 4.79 Å². The third-order valence-electron chi connectivity index (χ3n) is 2.58. The van der Waals surface area contributed by atoms with Gasteiger partial charge in [0.2, 0.25) is 0 Å². The van der Waals surface area contributed by atoms with Crippen molar-refractivity contribution in [3.8, 4) is 10.6 Å². The zero-order chi connectivity index (χ0) is 13.7. The molecule has 0 aromatic carbocycles. The SMILES string of the molecule is COCCCNC(=O)c1sc(-c2ccsc2)nc1C. The van der Waals surface area contributed by atoms with Crippen LogP contribution in [0.3, 0.4) is 0 Å². The molecule has 19 heavy (non-hydrogen) atoms. The molecule has 2 aromatic rings. The van der Waals surface area contributed by atoms with E-state index in [0.29, 0.717) is 18.0 Å². The first-order valence-corrected chi connectivity index (χ1v) is 7.75. The number of methoxy groups -OCH3 is 1. The Morgan fingerprint density at radius 2 is 2.37 bits per heavy atom. The first-order chi connectivity index (χ1) is 9.22. The fraction of sp³-hybridized carbons (Fsp3) is 0.385. The lowest BCUT2D eigenvalue weighted by Gasteiger charge is -2.02. The van der Waals surface area contributed by atoms with Crippen LogP contribution in [0.1, 0.15) is 21.8 Å². The number of carbonyl (C=O) groups excluding carboxylic acids is 1. The molecule has 0 atom stereocenters. The minimum absolute atomic E-state index is 0.0485. The number of carbonyl (C=O) groups is 1. The topological polar surface area (TPSA) is 51.2 Å². The van der Waals surface area contributed by atoms with E-state index in [1.807, 2.05) is 23.8 Å². The Morgan fingerprint density at radius 3 is 3.05 bits per heavy atom. The van der Waals surface area contributed by atoms with Gasteiger partial charge in [-0.15, -0.1) is 11.3 Å². The summed E-state index contributed by atoms with van der Waals surface area (Å²) in [6, 6.07) is 2.02. The summed E-state index contributed by atoms with van der Waals surface area (Å²) in [6.07, 6.45) is 0.817. The third kappa shape index (κ3) is 3.62. The minimum atomic E-state index is -0.0485. The summed E-state index contributed by atoms with van der Waals surface area (Å²) in [5.41, 5.74) is 1.87. The predicted octanol–water partition coefficient (Wildman–Crippen LogP) is 2.95. The van der Waals surface area contributed by atoms with Crippen molar-refractivity contribution >= 4 is 28.6 Å². The molecule has 6 heteroatoms. The van der Waals surface area contributed by atoms with Crippen molar-refractivity contribution in [3.63, 3.8) is 0 Å². The van der Waals surface area contributed by atoms with Crippen molar-refractivity contribution in [2.24, 2.45) is 0 Å². The molecule has 0 saturated heterocycles. The van der Waals surface area contributed by atoms with Crippen LogP contribution in [0, 0.1) is 6.92 Å². The van der Waals surface area contributed by atoms with Gasteiger partial charge in [-0.05, 0) is 24.8 Å². The molecule has 102 valence electrons. The lowest BCUT2D eigenvalue weighted by molar-refractivity contribution is 0.0952. The molecule has 0 radical (unpaired) electrons. The number of hydrogen-bond acceptors (Lipinski definition) is 5. The molecule has 0 fully saturated rings. The number of nitrogens with one attached hydrogen (secondary N) is 1. The summed E-state index contributed by atoms with van der Waals surface area (Å²) in [5.74, 6) is -0.0485. The molecule has 0 aliphatic rings. The highest BCUT2D eigenvalue weighted by molar-refractivity contribution is 7.17. The van der Waals surface area contributed by atoms with Gasteiger partial charge in [-0.25, -0.2) is 4.98 Å². The molecule has 1 N–H and O–H groups in total. The fourth-order valence-electron chi connectivity index (χ4n) is 1.62. The summed E-state index contributed by atoms with van der Waals surface area (Å²) in [5, 5.41) is 7.84. The Balaban J connectivity index is 2.02. The molecule has 2 aromatic heterocycles. The average molecular weight is 296 g/mol. The molecule has 0 spiro atoms. The average Bonchev–Trinajstić information content (AvgIpc) is 3.03. The van der Waals surface area contributed by atoms with E-state index in [1.54, 1.807) is 18.4 Å². The number of ether oxygens (including phenoxy) is 1. The molecule has 2 heterocycles. The number of aryl methyl sites for hydroxylation is 1. The predicted molar refractivity (Wildman–Crippen MR) is 79.0 cm³/mol. The molecule has 0 aliphatic heterocycles. The van der Waals surface area contributed by atoms with Crippen molar-refractivity contribution in [1.29, 1.82) is 0 Å². The third-order valence-corrected chi connectivity index (χ3v) is 4.47. The van der Waals surface area contributed by atoms with Crippen LogP contribution in [0.2, 0.25) is 0 Å². The van der Waals surface area contributed by atoms with Gasteiger partial charge in [0.25, 0.3) is 5.91 Å². The molecule has 0 unspecified atom stereocenters. The smallest absolute Gasteiger partial charge is 0.263 e. The van der Waals surface area contributed by atoms with E-state index in [9.17, 15) is 4.79 Å². The number of thiazole rings is 1. The van der Waals surface area contributed by atoms with Crippen molar-refractivity contribution in [2.75, 3.05) is 20.3 Å². The maximum atomic E-state index is 12.0. The molecule has 0 aliphatic carbocycles. The molecule has 0 saturated carbocycles. The van der Waals surface area contributed by atoms with Gasteiger partial charge in [0.05, 0.1) is 5.69 Å². The first kappa shape index (κ1) is 14.2. The summed E-state index contributed by atoms with van der Waals surface area (Å²) >= 11 is 3.07. The Bertz CT molecular complexity index is 535. The van der Waals surface area contributed by atoms with Gasteiger partial charge in [0.1, 0.15) is 9.88 Å². The van der Waals surface area contributed by atoms with E-state index >= 15 is 0 Å². The molecular weight excluding hydrogens is 280 g/mol. The summed E-state index contributed by atoms with van der Waals surface area (Å²) in [7, 11) is 1.66. The molecule has 4 nitrogen and oxygen atoms in total. The fourth-order valence-corrected chi connectivity index (χ4v) is 3.31. The van der Waals surface area contributed by atoms with Gasteiger partial charge in [0, 0.05) is 31.2 Å². The van der Waals surface area contributed by atoms with Crippen LogP contribution in [-0.4, -0.2) is 31.2 Å². The number of rotatable bonds is 6. The number of amides is 1. The van der Waals surface area contributed by atoms with E-state index < -0.39 is 0 Å². The van der Waals surface area contributed by atoms with E-state index in [4.69, 9.17) is 4.74 Å². The number of hydrogen-bond donors (Lipinski definition) is 1. The Hall–Kier alpha value is -1.24. The first-order valence-electron chi connectivity index (χ1n) is 5.99. The van der Waals surface area contributed by atoms with Crippen LogP contribution < -0.4 is 5.32 Å². The highest BCUT2D eigenvalue weighted by Gasteiger charge is 2.15. The second kappa shape index (κ2) is 6.79. The van der Waals surface area contributed by atoms with Gasteiger partial charge in [0.15, 0.2) is 0 Å². The molecule has 1 amide bonds. The quantitative estimate of drug-likeness (QED) is 0.834. The largest absolute Gasteiger partial charge is 0.385 e. The summed E-state index contributed by atoms with van der Waals surface area (Å²) < 4.78 is 4.95. The van der Waals surface area contributed by atoms with Crippen molar-refractivity contribution in [3.05, 3.63) is 27.4 Å². The van der Waals surface area contributed by atoms with E-state index in [2.05, 4.69) is 10.3 Å². The minimum Gasteiger partial charge on any atom is -0.385 e. The normalized spacial score (nSPS) is 10.6. The Labute approximate surface area is 120 Å². The Morgan fingerprint density at radius 1 is 1.53 bits per heavy atom. The van der Waals surface area contributed by atoms with Crippen molar-refractivity contribution in [2.45, 2.75) is 13.3 Å². The highest BCUT2D eigenvalue weighted by Crippen LogP contribution is 2.29. The zero-order valence-electron chi connectivity index (χ0n) is 10.9. The van der Waals surface area contributed by atoms with Crippen LogP contribution in [0.5, 0.6) is 0 Å². The van der Waals surface area contributed by atoms with Gasteiger partial charge < -0.3 is 10.1 Å². The van der Waals surface area contributed by atoms with E-state index in [0.717, 1.165) is 22.7 Å². The molecule has 2 rings (SSSR count). The monoisotopic (exact) mass is 296 g/mol. The highest BCUT2D eigenvalue weighted by atomic mass is 32.1. The number of thiophene rings is 1. The lowest BCUT2D eigenvalue weighted by Crippen LogP contribution is -2.24. The van der Waals surface area contributed by atoms with Gasteiger partial charge in [-0.1, -0.05) is 0 Å². The molecular formula is C13H16N2O2S2. The van der Waals surface area contributed by atoms with Crippen LogP contribution in [0.15, 0.2) is 16.8 Å². The maximum absolute atomic E-state index is 12.0. The Kier molecular flexibility index (Phi) is 5.07. The number of aromatic nitrogens is 1. The van der Waals surface area contributed by atoms with E-state index in [-0.39, 0.29) is 5.91 Å². The van der Waals surface area contributed by atoms with Crippen molar-refractivity contribution in [1.82, 2.24) is 10.3 Å². The van der Waals surface area contributed by atoms with E-state index in [1.165, 1.54) is 11.3 Å². The van der Waals surface area contributed by atoms with Gasteiger partial charge >= 0.3 is 0 Å². The summed E-state index contributed by atoms with van der Waals surface area (Å²) in [4.78, 5) is 17.2. The zero-order valence-corrected chi connectivity index (χ0v) is 12.6. The lowest BCUT2D eigenvalue weighted by atomic mass is 10.3. The maximum Gasteiger partial charge on any atom is 0.263 e. The summed E-state index contributed by atoms with van der Waals surface area (Å²) in [6.45, 7) is 3.15. The van der Waals surface area contributed by atoms with Crippen LogP contribution in [0.4, 0.5) is 0 Å². The second-order valence-corrected chi connectivity index (χ2v) is 5.83. The standard InChI is InChI=1S/C13H16N2O2S2/c1-9-11(12(16)14-5-3-6-17-2)19-13(15-9)10-4-7-18-8-10/h4,7-8H,3,5-6H2,1-2H3,(H,14,16). The van der Waals surface area contributed by atoms with Gasteiger partial charge in [-0.2, -0.15) is 11.3 Å². The van der Waals surface area contributed by atoms with Crippen molar-refractivity contribution < 1.29 is 9.53 Å².